The van der Waals surface area contributed by atoms with Crippen LogP contribution in [-0.2, 0) is 11.2 Å². The Morgan fingerprint density at radius 2 is 2.19 bits per heavy atom. The van der Waals surface area contributed by atoms with Crippen LogP contribution in [0.3, 0.4) is 0 Å². The summed E-state index contributed by atoms with van der Waals surface area (Å²) in [4.78, 5) is 23.8. The molecule has 1 unspecified atom stereocenters. The maximum atomic E-state index is 12.6. The van der Waals surface area contributed by atoms with E-state index < -0.39 is 0 Å². The number of anilines is 2. The van der Waals surface area contributed by atoms with Gasteiger partial charge in [-0.15, -0.1) is 0 Å². The van der Waals surface area contributed by atoms with Crippen LogP contribution in [0.25, 0.3) is 0 Å². The second-order valence-corrected chi connectivity index (χ2v) is 6.92. The van der Waals surface area contributed by atoms with Crippen molar-refractivity contribution in [3.05, 3.63) is 47.3 Å². The maximum Gasteiger partial charge on any atom is 0.270 e. The fourth-order valence-electron chi connectivity index (χ4n) is 3.63. The van der Waals surface area contributed by atoms with Crippen molar-refractivity contribution in [3.63, 3.8) is 0 Å². The molecule has 0 aliphatic carbocycles. The number of nitrogens with one attached hydrogen (secondary N) is 1. The Bertz CT molecular complexity index is 802. The van der Waals surface area contributed by atoms with Crippen LogP contribution in [0.2, 0.25) is 0 Å². The Morgan fingerprint density at radius 1 is 1.31 bits per heavy atom. The van der Waals surface area contributed by atoms with Gasteiger partial charge in [-0.05, 0) is 50.3 Å². The number of carbonyl (C=O) groups excluding carboxylic acids is 1. The third-order valence-corrected chi connectivity index (χ3v) is 4.94. The summed E-state index contributed by atoms with van der Waals surface area (Å²) < 4.78 is 5.57. The van der Waals surface area contributed by atoms with Crippen molar-refractivity contribution in [3.8, 4) is 0 Å². The van der Waals surface area contributed by atoms with Crippen LogP contribution in [0.15, 0.2) is 30.3 Å². The Kier molecular flexibility index (Phi) is 4.84. The van der Waals surface area contributed by atoms with E-state index in [2.05, 4.69) is 38.4 Å². The highest BCUT2D eigenvalue weighted by molar-refractivity contribution is 5.92. The lowest BCUT2D eigenvalue weighted by Crippen LogP contribution is -2.33. The molecular weight excluding hydrogens is 328 g/mol. The zero-order valence-electron chi connectivity index (χ0n) is 15.1. The van der Waals surface area contributed by atoms with Crippen molar-refractivity contribution >= 4 is 17.5 Å². The molecule has 0 radical (unpaired) electrons. The third kappa shape index (κ3) is 3.55. The topological polar surface area (TPSA) is 67.3 Å². The molecule has 6 nitrogen and oxygen atoms in total. The Hall–Kier alpha value is -2.47. The predicted molar refractivity (Wildman–Crippen MR) is 99.8 cm³/mol. The highest BCUT2D eigenvalue weighted by Gasteiger charge is 2.22. The fourth-order valence-corrected chi connectivity index (χ4v) is 3.63. The first-order valence-corrected chi connectivity index (χ1v) is 9.31. The number of benzene rings is 1. The lowest BCUT2D eigenvalue weighted by molar-refractivity contribution is 0.0853. The zero-order valence-corrected chi connectivity index (χ0v) is 15.1. The summed E-state index contributed by atoms with van der Waals surface area (Å²) in [6.07, 6.45) is 4.29. The van der Waals surface area contributed by atoms with Crippen LogP contribution in [0.4, 0.5) is 11.6 Å². The van der Waals surface area contributed by atoms with Crippen LogP contribution >= 0.6 is 0 Å². The Balaban J connectivity index is 1.56. The first-order valence-electron chi connectivity index (χ1n) is 9.31. The van der Waals surface area contributed by atoms with Crippen LogP contribution in [0.5, 0.6) is 0 Å². The van der Waals surface area contributed by atoms with Gasteiger partial charge in [-0.1, -0.05) is 18.2 Å². The van der Waals surface area contributed by atoms with E-state index in [0.717, 1.165) is 50.2 Å². The third-order valence-electron chi connectivity index (χ3n) is 4.94. The van der Waals surface area contributed by atoms with E-state index in [1.54, 1.807) is 6.07 Å². The minimum absolute atomic E-state index is 0.121. The molecule has 1 amide bonds. The quantitative estimate of drug-likeness (QED) is 0.916. The summed E-state index contributed by atoms with van der Waals surface area (Å²) in [7, 11) is 0. The number of fused-ring (bicyclic) bond motifs is 1. The van der Waals surface area contributed by atoms with Gasteiger partial charge in [-0.25, -0.2) is 9.97 Å². The van der Waals surface area contributed by atoms with Gasteiger partial charge in [0.25, 0.3) is 5.91 Å². The van der Waals surface area contributed by atoms with E-state index in [-0.39, 0.29) is 12.0 Å². The van der Waals surface area contributed by atoms with Crippen molar-refractivity contribution in [2.24, 2.45) is 0 Å². The highest BCUT2D eigenvalue weighted by atomic mass is 16.5. The first kappa shape index (κ1) is 17.0. The molecular formula is C20H24N4O2. The maximum absolute atomic E-state index is 12.6. The minimum Gasteiger partial charge on any atom is -0.376 e. The molecule has 26 heavy (non-hydrogen) atoms. The average Bonchev–Trinajstić information content (AvgIpc) is 3.18. The molecule has 0 bridgehead atoms. The number of para-hydroxylation sites is 1. The standard InChI is InChI=1S/C20H24N4O2/c1-14-12-17(19(25)21-13-16-8-5-11-26-16)23-20(22-14)24-10-4-7-15-6-2-3-9-18(15)24/h2-3,6,9,12,16H,4-5,7-8,10-11,13H2,1H3,(H,21,25). The van der Waals surface area contributed by atoms with Gasteiger partial charge in [0.05, 0.1) is 6.10 Å². The van der Waals surface area contributed by atoms with Gasteiger partial charge in [0, 0.05) is 31.1 Å². The summed E-state index contributed by atoms with van der Waals surface area (Å²) >= 11 is 0. The van der Waals surface area contributed by atoms with Crippen LogP contribution < -0.4 is 10.2 Å². The number of amides is 1. The largest absolute Gasteiger partial charge is 0.376 e. The number of hydrogen-bond acceptors (Lipinski definition) is 5. The van der Waals surface area contributed by atoms with Crippen molar-refractivity contribution in [1.82, 2.24) is 15.3 Å². The monoisotopic (exact) mass is 352 g/mol. The molecule has 1 aromatic carbocycles. The van der Waals surface area contributed by atoms with Gasteiger partial charge < -0.3 is 15.0 Å². The van der Waals surface area contributed by atoms with Gasteiger partial charge in [-0.2, -0.15) is 0 Å². The van der Waals surface area contributed by atoms with Crippen LogP contribution in [0.1, 0.15) is 41.0 Å². The molecule has 2 aliphatic rings. The summed E-state index contributed by atoms with van der Waals surface area (Å²) in [6.45, 7) is 4.07. The number of aryl methyl sites for hydroxylation is 2. The molecule has 3 heterocycles. The molecule has 4 rings (SSSR count). The number of ether oxygens (including phenoxy) is 1. The number of rotatable bonds is 4. The molecule has 2 aliphatic heterocycles. The zero-order chi connectivity index (χ0) is 17.9. The molecule has 6 heteroatoms. The molecule has 1 aromatic heterocycles. The molecule has 1 N–H and O–H groups in total. The second kappa shape index (κ2) is 7.41. The number of hydrogen-bond donors (Lipinski definition) is 1. The summed E-state index contributed by atoms with van der Waals surface area (Å²) in [5.41, 5.74) is 3.64. The smallest absolute Gasteiger partial charge is 0.270 e. The number of carbonyl (C=O) groups is 1. The molecule has 0 saturated carbocycles. The van der Waals surface area contributed by atoms with E-state index in [4.69, 9.17) is 4.74 Å². The first-order chi connectivity index (χ1) is 12.7. The van der Waals surface area contributed by atoms with E-state index in [1.807, 2.05) is 13.0 Å². The van der Waals surface area contributed by atoms with Crippen molar-refractivity contribution in [1.29, 1.82) is 0 Å². The van der Waals surface area contributed by atoms with Gasteiger partial charge in [0.2, 0.25) is 5.95 Å². The summed E-state index contributed by atoms with van der Waals surface area (Å²) in [5, 5.41) is 2.94. The number of nitrogens with zero attached hydrogens (tertiary/aromatic N) is 3. The predicted octanol–water partition coefficient (Wildman–Crippen LogP) is 2.78. The van der Waals surface area contributed by atoms with E-state index in [9.17, 15) is 4.79 Å². The minimum atomic E-state index is -0.169. The van der Waals surface area contributed by atoms with Gasteiger partial charge >= 0.3 is 0 Å². The molecule has 1 atom stereocenters. The fraction of sp³-hybridized carbons (Fsp3) is 0.450. The Labute approximate surface area is 153 Å². The highest BCUT2D eigenvalue weighted by Crippen LogP contribution is 2.31. The van der Waals surface area contributed by atoms with E-state index in [1.165, 1.54) is 5.56 Å². The molecule has 136 valence electrons. The SMILES string of the molecule is Cc1cc(C(=O)NCC2CCCO2)nc(N2CCCc3ccccc32)n1. The number of aromatic nitrogens is 2. The lowest BCUT2D eigenvalue weighted by atomic mass is 10.0. The second-order valence-electron chi connectivity index (χ2n) is 6.92. The van der Waals surface area contributed by atoms with E-state index >= 15 is 0 Å². The Morgan fingerprint density at radius 3 is 3.04 bits per heavy atom. The molecule has 1 fully saturated rings. The van der Waals surface area contributed by atoms with Crippen LogP contribution in [-0.4, -0.2) is 41.7 Å². The lowest BCUT2D eigenvalue weighted by Gasteiger charge is -2.29. The van der Waals surface area contributed by atoms with Crippen molar-refractivity contribution in [2.45, 2.75) is 38.7 Å². The summed E-state index contributed by atoms with van der Waals surface area (Å²) in [6, 6.07) is 10.1. The molecule has 1 saturated heterocycles. The van der Waals surface area contributed by atoms with Gasteiger partial charge in [0.1, 0.15) is 5.69 Å². The average molecular weight is 352 g/mol. The van der Waals surface area contributed by atoms with Crippen molar-refractivity contribution in [2.75, 3.05) is 24.6 Å². The molecule has 0 spiro atoms. The summed E-state index contributed by atoms with van der Waals surface area (Å²) in [5.74, 6) is 0.428. The van der Waals surface area contributed by atoms with Crippen LogP contribution in [0, 0.1) is 6.92 Å². The van der Waals surface area contributed by atoms with E-state index in [0.29, 0.717) is 18.2 Å². The normalized spacial score (nSPS) is 19.3. The van der Waals surface area contributed by atoms with Gasteiger partial charge in [0.15, 0.2) is 0 Å². The van der Waals surface area contributed by atoms with Crippen molar-refractivity contribution < 1.29 is 9.53 Å². The van der Waals surface area contributed by atoms with Gasteiger partial charge in [-0.3, -0.25) is 4.79 Å². The molecule has 2 aromatic rings.